The number of carbonyl (C=O) groups is 1. The van der Waals surface area contributed by atoms with Crippen LogP contribution in [-0.4, -0.2) is 22.3 Å². The number of hydrogen-bond donors (Lipinski definition) is 1. The molecule has 0 bridgehead atoms. The molecule has 1 aliphatic rings. The SMILES string of the molecule is COc1cccc(N2C(=O)/C(=C/c3ccc[nH]3)SC2=S)c1. The quantitative estimate of drug-likeness (QED) is 0.696. The normalized spacial score (nSPS) is 16.8. The standard InChI is InChI=1S/C15H12N2O2S2/c1-19-12-6-2-5-11(9-12)17-14(18)13(21-15(17)20)8-10-4-3-7-16-10/h2-9,16H,1H3/b13-8-. The fraction of sp³-hybridized carbons (Fsp3) is 0.0667. The van der Waals surface area contributed by atoms with E-state index >= 15 is 0 Å². The van der Waals surface area contributed by atoms with Crippen LogP contribution in [0, 0.1) is 0 Å². The van der Waals surface area contributed by atoms with E-state index in [1.165, 1.54) is 16.7 Å². The number of hydrogen-bond acceptors (Lipinski definition) is 4. The molecule has 1 aromatic carbocycles. The molecule has 2 aromatic rings. The Bertz CT molecular complexity index is 723. The summed E-state index contributed by atoms with van der Waals surface area (Å²) in [4.78, 5) is 17.7. The maximum Gasteiger partial charge on any atom is 0.270 e. The number of nitrogens with zero attached hydrogens (tertiary/aromatic N) is 1. The average Bonchev–Trinajstić information content (AvgIpc) is 3.08. The molecular formula is C15H12N2O2S2. The minimum Gasteiger partial charge on any atom is -0.497 e. The third-order valence-electron chi connectivity index (χ3n) is 3.01. The van der Waals surface area contributed by atoms with Crippen LogP contribution in [0.4, 0.5) is 5.69 Å². The number of rotatable bonds is 3. The van der Waals surface area contributed by atoms with E-state index in [0.29, 0.717) is 20.7 Å². The zero-order valence-electron chi connectivity index (χ0n) is 11.2. The van der Waals surface area contributed by atoms with Crippen molar-refractivity contribution in [3.05, 3.63) is 53.2 Å². The molecule has 1 aromatic heterocycles. The Morgan fingerprint density at radius 2 is 2.19 bits per heavy atom. The minimum absolute atomic E-state index is 0.118. The fourth-order valence-corrected chi connectivity index (χ4v) is 3.31. The Morgan fingerprint density at radius 1 is 1.33 bits per heavy atom. The van der Waals surface area contributed by atoms with Gasteiger partial charge in [0.15, 0.2) is 4.32 Å². The summed E-state index contributed by atoms with van der Waals surface area (Å²) in [6.07, 6.45) is 3.62. The molecular weight excluding hydrogens is 304 g/mol. The van der Waals surface area contributed by atoms with E-state index in [4.69, 9.17) is 17.0 Å². The average molecular weight is 316 g/mol. The molecule has 1 aliphatic heterocycles. The van der Waals surface area contributed by atoms with Crippen molar-refractivity contribution in [2.24, 2.45) is 0 Å². The van der Waals surface area contributed by atoms with Gasteiger partial charge in [0.2, 0.25) is 0 Å². The van der Waals surface area contributed by atoms with Gasteiger partial charge in [-0.15, -0.1) is 0 Å². The zero-order valence-corrected chi connectivity index (χ0v) is 12.8. The van der Waals surface area contributed by atoms with Gasteiger partial charge in [-0.25, -0.2) is 0 Å². The van der Waals surface area contributed by atoms with Crippen LogP contribution < -0.4 is 9.64 Å². The van der Waals surface area contributed by atoms with Crippen LogP contribution in [0.3, 0.4) is 0 Å². The van der Waals surface area contributed by atoms with Crippen LogP contribution in [0.1, 0.15) is 5.69 Å². The molecule has 1 fully saturated rings. The molecule has 6 heteroatoms. The highest BCUT2D eigenvalue weighted by atomic mass is 32.2. The number of aromatic nitrogens is 1. The van der Waals surface area contributed by atoms with Gasteiger partial charge in [0.25, 0.3) is 5.91 Å². The number of thiocarbonyl (C=S) groups is 1. The Balaban J connectivity index is 1.93. The number of methoxy groups -OCH3 is 1. The summed E-state index contributed by atoms with van der Waals surface area (Å²) in [7, 11) is 1.59. The number of H-pyrrole nitrogens is 1. The molecule has 2 heterocycles. The highest BCUT2D eigenvalue weighted by Gasteiger charge is 2.33. The van der Waals surface area contributed by atoms with Crippen LogP contribution in [0.5, 0.6) is 5.75 Å². The summed E-state index contributed by atoms with van der Waals surface area (Å²) in [5.74, 6) is 0.572. The van der Waals surface area contributed by atoms with E-state index in [1.54, 1.807) is 19.3 Å². The van der Waals surface area contributed by atoms with E-state index in [9.17, 15) is 4.79 Å². The summed E-state index contributed by atoms with van der Waals surface area (Å²) in [5, 5.41) is 0. The number of amides is 1. The van der Waals surface area contributed by atoms with Crippen LogP contribution in [0.15, 0.2) is 47.5 Å². The first-order valence-electron chi connectivity index (χ1n) is 6.24. The highest BCUT2D eigenvalue weighted by Crippen LogP contribution is 2.36. The van der Waals surface area contributed by atoms with E-state index in [2.05, 4.69) is 4.98 Å². The van der Waals surface area contributed by atoms with Crippen molar-refractivity contribution in [2.45, 2.75) is 0 Å². The number of thioether (sulfide) groups is 1. The van der Waals surface area contributed by atoms with Crippen molar-refractivity contribution in [2.75, 3.05) is 12.0 Å². The molecule has 1 saturated heterocycles. The molecule has 0 radical (unpaired) electrons. The lowest BCUT2D eigenvalue weighted by molar-refractivity contribution is -0.113. The van der Waals surface area contributed by atoms with Gasteiger partial charge in [0, 0.05) is 18.0 Å². The second-order valence-corrected chi connectivity index (χ2v) is 6.02. The van der Waals surface area contributed by atoms with E-state index in [1.807, 2.05) is 36.5 Å². The van der Waals surface area contributed by atoms with Gasteiger partial charge in [0.05, 0.1) is 17.7 Å². The van der Waals surface area contributed by atoms with Gasteiger partial charge in [-0.1, -0.05) is 30.0 Å². The third kappa shape index (κ3) is 2.72. The second-order valence-electron chi connectivity index (χ2n) is 4.34. The lowest BCUT2D eigenvalue weighted by Gasteiger charge is -2.15. The molecule has 0 atom stereocenters. The van der Waals surface area contributed by atoms with Crippen LogP contribution in [-0.2, 0) is 4.79 Å². The predicted octanol–water partition coefficient (Wildman–Crippen LogP) is 3.43. The van der Waals surface area contributed by atoms with Gasteiger partial charge in [-0.3, -0.25) is 9.69 Å². The Hall–Kier alpha value is -2.05. The first-order chi connectivity index (χ1) is 10.2. The summed E-state index contributed by atoms with van der Waals surface area (Å²) >= 11 is 6.62. The van der Waals surface area contributed by atoms with E-state index in [0.717, 1.165) is 5.69 Å². The number of aromatic amines is 1. The first-order valence-corrected chi connectivity index (χ1v) is 7.47. The predicted molar refractivity (Wildman–Crippen MR) is 89.4 cm³/mol. The number of benzene rings is 1. The molecule has 21 heavy (non-hydrogen) atoms. The maximum atomic E-state index is 12.5. The molecule has 0 aliphatic carbocycles. The molecule has 0 saturated carbocycles. The monoisotopic (exact) mass is 316 g/mol. The summed E-state index contributed by atoms with van der Waals surface area (Å²) in [6.45, 7) is 0. The molecule has 106 valence electrons. The van der Waals surface area contributed by atoms with E-state index < -0.39 is 0 Å². The largest absolute Gasteiger partial charge is 0.497 e. The Labute approximate surface area is 131 Å². The summed E-state index contributed by atoms with van der Waals surface area (Å²) < 4.78 is 5.71. The highest BCUT2D eigenvalue weighted by molar-refractivity contribution is 8.27. The molecule has 0 unspecified atom stereocenters. The molecule has 1 amide bonds. The zero-order chi connectivity index (χ0) is 14.8. The van der Waals surface area contributed by atoms with Crippen LogP contribution in [0.2, 0.25) is 0 Å². The Kier molecular flexibility index (Phi) is 3.81. The van der Waals surface area contributed by atoms with Gasteiger partial charge < -0.3 is 9.72 Å². The van der Waals surface area contributed by atoms with Gasteiger partial charge >= 0.3 is 0 Å². The topological polar surface area (TPSA) is 45.3 Å². The van der Waals surface area contributed by atoms with Crippen molar-refractivity contribution in [3.63, 3.8) is 0 Å². The molecule has 0 spiro atoms. The maximum absolute atomic E-state index is 12.5. The second kappa shape index (κ2) is 5.75. The first kappa shape index (κ1) is 13.9. The number of carbonyl (C=O) groups excluding carboxylic acids is 1. The Morgan fingerprint density at radius 3 is 2.90 bits per heavy atom. The van der Waals surface area contributed by atoms with E-state index in [-0.39, 0.29) is 5.91 Å². The van der Waals surface area contributed by atoms with Crippen molar-refractivity contribution >= 4 is 46.0 Å². The third-order valence-corrected chi connectivity index (χ3v) is 4.32. The fourth-order valence-electron chi connectivity index (χ4n) is 2.02. The molecule has 1 N–H and O–H groups in total. The van der Waals surface area contributed by atoms with Crippen molar-refractivity contribution in [3.8, 4) is 5.75 Å². The molecule has 4 nitrogen and oxygen atoms in total. The molecule has 3 rings (SSSR count). The number of anilines is 1. The lowest BCUT2D eigenvalue weighted by Crippen LogP contribution is -2.27. The van der Waals surface area contributed by atoms with Crippen molar-refractivity contribution < 1.29 is 9.53 Å². The minimum atomic E-state index is -0.118. The van der Waals surface area contributed by atoms with Gasteiger partial charge in [-0.05, 0) is 30.3 Å². The summed E-state index contributed by atoms with van der Waals surface area (Å²) in [5.41, 5.74) is 1.59. The number of nitrogens with one attached hydrogen (secondary N) is 1. The van der Waals surface area contributed by atoms with Crippen LogP contribution >= 0.6 is 24.0 Å². The van der Waals surface area contributed by atoms with Gasteiger partial charge in [-0.2, -0.15) is 0 Å². The van der Waals surface area contributed by atoms with Crippen molar-refractivity contribution in [1.29, 1.82) is 0 Å². The lowest BCUT2D eigenvalue weighted by atomic mass is 10.2. The smallest absolute Gasteiger partial charge is 0.270 e. The summed E-state index contributed by atoms with van der Waals surface area (Å²) in [6, 6.07) is 11.1. The van der Waals surface area contributed by atoms with Gasteiger partial charge in [0.1, 0.15) is 5.75 Å². The number of ether oxygens (including phenoxy) is 1. The van der Waals surface area contributed by atoms with Crippen molar-refractivity contribution in [1.82, 2.24) is 4.98 Å². The van der Waals surface area contributed by atoms with Crippen LogP contribution in [0.25, 0.3) is 6.08 Å².